The number of benzene rings is 2. The van der Waals surface area contributed by atoms with Gasteiger partial charge in [-0.3, -0.25) is 9.69 Å². The highest BCUT2D eigenvalue weighted by Crippen LogP contribution is 2.43. The second-order valence-electron chi connectivity index (χ2n) is 7.90. The molecule has 2 heterocycles. The Balaban J connectivity index is 1.77. The Hall–Kier alpha value is -2.50. The molecule has 156 valence electrons. The van der Waals surface area contributed by atoms with Gasteiger partial charge in [0, 0.05) is 16.0 Å². The van der Waals surface area contributed by atoms with E-state index in [1.807, 2.05) is 36.4 Å². The summed E-state index contributed by atoms with van der Waals surface area (Å²) >= 11 is 1.60. The fourth-order valence-electron chi connectivity index (χ4n) is 4.24. The van der Waals surface area contributed by atoms with Crippen LogP contribution in [0.4, 0.5) is 9.39 Å². The monoisotopic (exact) mass is 422 g/mol. The average Bonchev–Trinajstić information content (AvgIpc) is 3.03. The first-order valence-electron chi connectivity index (χ1n) is 10.5. The van der Waals surface area contributed by atoms with Crippen LogP contribution < -0.4 is 5.32 Å². The third-order valence-electron chi connectivity index (χ3n) is 5.89. The normalized spacial score (nSPS) is 15.7. The predicted octanol–water partition coefficient (Wildman–Crippen LogP) is 6.33. The van der Waals surface area contributed by atoms with Crippen molar-refractivity contribution < 1.29 is 9.18 Å². The van der Waals surface area contributed by atoms with Crippen LogP contribution in [0.2, 0.25) is 0 Å². The van der Waals surface area contributed by atoms with E-state index in [1.165, 1.54) is 22.9 Å². The van der Waals surface area contributed by atoms with Crippen LogP contribution in [0.1, 0.15) is 57.2 Å². The van der Waals surface area contributed by atoms with Crippen molar-refractivity contribution in [3.63, 3.8) is 0 Å². The van der Waals surface area contributed by atoms with Crippen LogP contribution >= 0.6 is 11.3 Å². The molecule has 1 aliphatic heterocycles. The van der Waals surface area contributed by atoms with E-state index in [1.54, 1.807) is 23.5 Å². The Morgan fingerprint density at radius 3 is 2.47 bits per heavy atom. The highest BCUT2D eigenvalue weighted by molar-refractivity contribution is 7.16. The molecule has 0 aliphatic carbocycles. The lowest BCUT2D eigenvalue weighted by Crippen LogP contribution is -2.35. The lowest BCUT2D eigenvalue weighted by molar-refractivity contribution is 0.102. The third-order valence-corrected chi connectivity index (χ3v) is 7.03. The molecule has 1 saturated heterocycles. The van der Waals surface area contributed by atoms with Gasteiger partial charge in [-0.2, -0.15) is 0 Å². The number of hydrogen-bond acceptors (Lipinski definition) is 3. The number of anilines is 1. The quantitative estimate of drug-likeness (QED) is 0.521. The van der Waals surface area contributed by atoms with Crippen LogP contribution in [0.15, 0.2) is 54.6 Å². The van der Waals surface area contributed by atoms with E-state index in [9.17, 15) is 9.18 Å². The van der Waals surface area contributed by atoms with Gasteiger partial charge in [-0.05, 0) is 75.2 Å². The van der Waals surface area contributed by atoms with Gasteiger partial charge in [0.05, 0.1) is 6.04 Å². The molecule has 1 fully saturated rings. The van der Waals surface area contributed by atoms with Gasteiger partial charge < -0.3 is 5.32 Å². The lowest BCUT2D eigenvalue weighted by atomic mass is 9.93. The van der Waals surface area contributed by atoms with Crippen LogP contribution in [0.3, 0.4) is 0 Å². The van der Waals surface area contributed by atoms with Crippen molar-refractivity contribution in [2.75, 3.05) is 18.4 Å². The highest BCUT2D eigenvalue weighted by atomic mass is 32.1. The van der Waals surface area contributed by atoms with Gasteiger partial charge in [-0.1, -0.05) is 36.8 Å². The standard InChI is InChI=1S/C25H27FN2OS/c1-17-18(2)30-25(27-24(29)19-10-5-3-6-11-19)22(17)23(28-14-7-4-8-15-28)20-12-9-13-21(26)16-20/h3,5-6,9-13,16,23H,4,7-8,14-15H2,1-2H3,(H,27,29)/t23-/m1/s1. The van der Waals surface area contributed by atoms with Gasteiger partial charge in [-0.25, -0.2) is 4.39 Å². The zero-order valence-corrected chi connectivity index (χ0v) is 18.3. The fourth-order valence-corrected chi connectivity index (χ4v) is 5.33. The largest absolute Gasteiger partial charge is 0.313 e. The van der Waals surface area contributed by atoms with Crippen LogP contribution in [0.25, 0.3) is 0 Å². The van der Waals surface area contributed by atoms with Gasteiger partial charge in [0.25, 0.3) is 5.91 Å². The number of hydrogen-bond donors (Lipinski definition) is 1. The minimum absolute atomic E-state index is 0.0722. The molecule has 0 bridgehead atoms. The van der Waals surface area contributed by atoms with Gasteiger partial charge in [0.2, 0.25) is 0 Å². The summed E-state index contributed by atoms with van der Waals surface area (Å²) in [6.45, 7) is 6.14. The maximum absolute atomic E-state index is 14.2. The lowest BCUT2D eigenvalue weighted by Gasteiger charge is -2.36. The van der Waals surface area contributed by atoms with E-state index >= 15 is 0 Å². The maximum atomic E-state index is 14.2. The van der Waals surface area contributed by atoms with Gasteiger partial charge in [0.1, 0.15) is 10.8 Å². The number of amides is 1. The molecular formula is C25H27FN2OS. The Bertz CT molecular complexity index is 1020. The molecule has 0 unspecified atom stereocenters. The van der Waals surface area contributed by atoms with Crippen LogP contribution in [0.5, 0.6) is 0 Å². The van der Waals surface area contributed by atoms with Crippen LogP contribution in [-0.2, 0) is 0 Å². The number of carbonyl (C=O) groups is 1. The number of carbonyl (C=O) groups excluding carboxylic acids is 1. The first-order valence-corrected chi connectivity index (χ1v) is 11.3. The number of nitrogens with one attached hydrogen (secondary N) is 1. The van der Waals surface area contributed by atoms with Gasteiger partial charge in [0.15, 0.2) is 0 Å². The summed E-state index contributed by atoms with van der Waals surface area (Å²) in [5.41, 5.74) is 3.83. The number of thiophene rings is 1. The van der Waals surface area contributed by atoms with E-state index in [0.29, 0.717) is 5.56 Å². The SMILES string of the molecule is Cc1sc(NC(=O)c2ccccc2)c([C@@H](c2cccc(F)c2)N2CCCCC2)c1C. The summed E-state index contributed by atoms with van der Waals surface area (Å²) in [6, 6.07) is 16.1. The van der Waals surface area contributed by atoms with Gasteiger partial charge >= 0.3 is 0 Å². The molecule has 0 spiro atoms. The first kappa shape index (κ1) is 20.8. The second-order valence-corrected chi connectivity index (χ2v) is 9.13. The number of nitrogens with zero attached hydrogens (tertiary/aromatic N) is 1. The van der Waals surface area contributed by atoms with Crippen molar-refractivity contribution in [2.45, 2.75) is 39.2 Å². The number of piperidine rings is 1. The van der Waals surface area contributed by atoms with Crippen LogP contribution in [0, 0.1) is 19.7 Å². The Morgan fingerprint density at radius 2 is 1.77 bits per heavy atom. The minimum Gasteiger partial charge on any atom is -0.313 e. The molecule has 3 nitrogen and oxygen atoms in total. The smallest absolute Gasteiger partial charge is 0.256 e. The average molecular weight is 423 g/mol. The molecule has 1 aromatic heterocycles. The maximum Gasteiger partial charge on any atom is 0.256 e. The zero-order chi connectivity index (χ0) is 21.1. The molecule has 1 amide bonds. The van der Waals surface area contributed by atoms with Crippen molar-refractivity contribution >= 4 is 22.2 Å². The number of halogens is 1. The second kappa shape index (κ2) is 9.11. The van der Waals surface area contributed by atoms with E-state index in [2.05, 4.69) is 24.1 Å². The van der Waals surface area contributed by atoms with Gasteiger partial charge in [-0.15, -0.1) is 11.3 Å². The summed E-state index contributed by atoms with van der Waals surface area (Å²) in [5, 5.41) is 4.01. The molecule has 1 aliphatic rings. The molecule has 30 heavy (non-hydrogen) atoms. The Kier molecular flexibility index (Phi) is 6.30. The summed E-state index contributed by atoms with van der Waals surface area (Å²) in [5.74, 6) is -0.344. The molecule has 0 saturated carbocycles. The fraction of sp³-hybridized carbons (Fsp3) is 0.320. The van der Waals surface area contributed by atoms with Crippen molar-refractivity contribution in [1.82, 2.24) is 4.90 Å². The summed E-state index contributed by atoms with van der Waals surface area (Å²) < 4.78 is 14.2. The summed E-state index contributed by atoms with van der Waals surface area (Å²) in [6.07, 6.45) is 3.50. The molecule has 1 atom stereocenters. The van der Waals surface area contributed by atoms with Crippen molar-refractivity contribution in [1.29, 1.82) is 0 Å². The molecule has 1 N–H and O–H groups in total. The number of aryl methyl sites for hydroxylation is 1. The van der Waals surface area contributed by atoms with Crippen LogP contribution in [-0.4, -0.2) is 23.9 Å². The first-order chi connectivity index (χ1) is 14.5. The Morgan fingerprint density at radius 1 is 1.03 bits per heavy atom. The molecule has 4 rings (SSSR count). The predicted molar refractivity (Wildman–Crippen MR) is 122 cm³/mol. The molecule has 2 aromatic carbocycles. The third kappa shape index (κ3) is 4.32. The molecule has 3 aromatic rings. The van der Waals surface area contributed by atoms with E-state index in [-0.39, 0.29) is 17.8 Å². The molecule has 5 heteroatoms. The topological polar surface area (TPSA) is 32.3 Å². The van der Waals surface area contributed by atoms with E-state index in [4.69, 9.17) is 0 Å². The molecular weight excluding hydrogens is 395 g/mol. The number of rotatable bonds is 5. The molecule has 0 radical (unpaired) electrons. The highest BCUT2D eigenvalue weighted by Gasteiger charge is 2.30. The van der Waals surface area contributed by atoms with E-state index < -0.39 is 0 Å². The zero-order valence-electron chi connectivity index (χ0n) is 17.5. The van der Waals surface area contributed by atoms with Crippen molar-refractivity contribution in [2.24, 2.45) is 0 Å². The summed E-state index contributed by atoms with van der Waals surface area (Å²) in [7, 11) is 0. The van der Waals surface area contributed by atoms with E-state index in [0.717, 1.165) is 42.1 Å². The minimum atomic E-state index is -0.228. The Labute approximate surface area is 181 Å². The summed E-state index contributed by atoms with van der Waals surface area (Å²) in [4.78, 5) is 16.5. The number of likely N-dealkylation sites (tertiary alicyclic amines) is 1. The van der Waals surface area contributed by atoms with Crippen molar-refractivity contribution in [3.05, 3.63) is 87.5 Å². The van der Waals surface area contributed by atoms with Crippen molar-refractivity contribution in [3.8, 4) is 0 Å².